The maximum absolute atomic E-state index is 12.1. The van der Waals surface area contributed by atoms with Gasteiger partial charge in [0.15, 0.2) is 6.61 Å². The van der Waals surface area contributed by atoms with Gasteiger partial charge in [-0.15, -0.1) is 0 Å². The molecular formula is C15H21NO4. The van der Waals surface area contributed by atoms with E-state index in [-0.39, 0.29) is 25.0 Å². The van der Waals surface area contributed by atoms with Crippen molar-refractivity contribution in [2.45, 2.75) is 33.2 Å². The van der Waals surface area contributed by atoms with Crippen molar-refractivity contribution < 1.29 is 19.4 Å². The Kier molecular flexibility index (Phi) is 6.03. The SMILES string of the molecule is CCN(C(=O)COc1ccccc1C)C(C)CC(=O)O. The van der Waals surface area contributed by atoms with Crippen LogP contribution in [0.4, 0.5) is 0 Å². The summed E-state index contributed by atoms with van der Waals surface area (Å²) in [5.41, 5.74) is 0.960. The average molecular weight is 279 g/mol. The van der Waals surface area contributed by atoms with E-state index in [4.69, 9.17) is 9.84 Å². The molecule has 0 heterocycles. The zero-order valence-corrected chi connectivity index (χ0v) is 12.1. The molecule has 1 rings (SSSR count). The first-order chi connectivity index (χ1) is 9.45. The summed E-state index contributed by atoms with van der Waals surface area (Å²) in [6.45, 7) is 5.84. The summed E-state index contributed by atoms with van der Waals surface area (Å²) in [5.74, 6) is -0.448. The largest absolute Gasteiger partial charge is 0.484 e. The number of ether oxygens (including phenoxy) is 1. The van der Waals surface area contributed by atoms with Gasteiger partial charge in [-0.25, -0.2) is 0 Å². The lowest BCUT2D eigenvalue weighted by Crippen LogP contribution is -2.42. The molecule has 0 bridgehead atoms. The molecule has 0 aliphatic heterocycles. The second-order valence-corrected chi connectivity index (χ2v) is 4.68. The molecular weight excluding hydrogens is 258 g/mol. The van der Waals surface area contributed by atoms with Crippen LogP contribution in [0.1, 0.15) is 25.8 Å². The summed E-state index contributed by atoms with van der Waals surface area (Å²) in [6, 6.07) is 7.11. The lowest BCUT2D eigenvalue weighted by molar-refractivity contribution is -0.141. The first-order valence-electron chi connectivity index (χ1n) is 6.65. The molecule has 0 aliphatic rings. The number of rotatable bonds is 7. The zero-order chi connectivity index (χ0) is 15.1. The maximum Gasteiger partial charge on any atom is 0.305 e. The fourth-order valence-corrected chi connectivity index (χ4v) is 2.04. The predicted octanol–water partition coefficient (Wildman–Crippen LogP) is 2.09. The van der Waals surface area contributed by atoms with Crippen molar-refractivity contribution in [3.8, 4) is 5.75 Å². The number of carboxylic acids is 1. The highest BCUT2D eigenvalue weighted by atomic mass is 16.5. The molecule has 5 heteroatoms. The van der Waals surface area contributed by atoms with Crippen LogP contribution in [-0.4, -0.2) is 41.1 Å². The molecule has 0 fully saturated rings. The molecule has 110 valence electrons. The number of amides is 1. The van der Waals surface area contributed by atoms with E-state index in [0.717, 1.165) is 5.56 Å². The Morgan fingerprint density at radius 1 is 1.35 bits per heavy atom. The lowest BCUT2D eigenvalue weighted by atomic mass is 10.2. The van der Waals surface area contributed by atoms with E-state index in [2.05, 4.69) is 0 Å². The van der Waals surface area contributed by atoms with Crippen LogP contribution in [0.3, 0.4) is 0 Å². The van der Waals surface area contributed by atoms with Crippen molar-refractivity contribution in [2.24, 2.45) is 0 Å². The predicted molar refractivity (Wildman–Crippen MR) is 75.8 cm³/mol. The maximum atomic E-state index is 12.1. The van der Waals surface area contributed by atoms with E-state index in [1.807, 2.05) is 32.0 Å². The van der Waals surface area contributed by atoms with E-state index in [0.29, 0.717) is 12.3 Å². The van der Waals surface area contributed by atoms with Crippen molar-refractivity contribution in [3.05, 3.63) is 29.8 Å². The Balaban J connectivity index is 2.60. The summed E-state index contributed by atoms with van der Waals surface area (Å²) >= 11 is 0. The van der Waals surface area contributed by atoms with Crippen molar-refractivity contribution in [3.63, 3.8) is 0 Å². The topological polar surface area (TPSA) is 66.8 Å². The number of carboxylic acid groups (broad SMARTS) is 1. The van der Waals surface area contributed by atoms with Crippen LogP contribution in [0.5, 0.6) is 5.75 Å². The van der Waals surface area contributed by atoms with Crippen LogP contribution < -0.4 is 4.74 Å². The Labute approximate surface area is 119 Å². The van der Waals surface area contributed by atoms with Crippen LogP contribution in [0.25, 0.3) is 0 Å². The number of hydrogen-bond donors (Lipinski definition) is 1. The Hall–Kier alpha value is -2.04. The van der Waals surface area contributed by atoms with E-state index in [1.165, 1.54) is 4.90 Å². The normalized spacial score (nSPS) is 11.8. The number of aryl methyl sites for hydroxylation is 1. The van der Waals surface area contributed by atoms with Gasteiger partial charge in [0, 0.05) is 12.6 Å². The molecule has 5 nitrogen and oxygen atoms in total. The highest BCUT2D eigenvalue weighted by Crippen LogP contribution is 2.16. The molecule has 1 N–H and O–H groups in total. The zero-order valence-electron chi connectivity index (χ0n) is 12.1. The number of benzene rings is 1. The van der Waals surface area contributed by atoms with Gasteiger partial charge >= 0.3 is 5.97 Å². The van der Waals surface area contributed by atoms with Crippen molar-refractivity contribution in [1.82, 2.24) is 4.90 Å². The van der Waals surface area contributed by atoms with Gasteiger partial charge in [0.1, 0.15) is 5.75 Å². The third-order valence-corrected chi connectivity index (χ3v) is 3.11. The summed E-state index contributed by atoms with van der Waals surface area (Å²) in [4.78, 5) is 24.3. The fraction of sp³-hybridized carbons (Fsp3) is 0.467. The summed E-state index contributed by atoms with van der Waals surface area (Å²) in [5, 5.41) is 8.79. The minimum absolute atomic E-state index is 0.0655. The first-order valence-corrected chi connectivity index (χ1v) is 6.65. The molecule has 20 heavy (non-hydrogen) atoms. The number of carbonyl (C=O) groups is 2. The van der Waals surface area contributed by atoms with E-state index < -0.39 is 5.97 Å². The second-order valence-electron chi connectivity index (χ2n) is 4.68. The quantitative estimate of drug-likeness (QED) is 0.830. The smallest absolute Gasteiger partial charge is 0.305 e. The van der Waals surface area contributed by atoms with Gasteiger partial charge in [0.2, 0.25) is 0 Å². The minimum Gasteiger partial charge on any atom is -0.484 e. The van der Waals surface area contributed by atoms with Crippen LogP contribution in [0, 0.1) is 6.92 Å². The molecule has 0 saturated carbocycles. The van der Waals surface area contributed by atoms with Crippen LogP contribution >= 0.6 is 0 Å². The Morgan fingerprint density at radius 3 is 2.55 bits per heavy atom. The summed E-state index contributed by atoms with van der Waals surface area (Å²) < 4.78 is 5.50. The van der Waals surface area contributed by atoms with Crippen LogP contribution in [0.2, 0.25) is 0 Å². The molecule has 1 atom stereocenters. The van der Waals surface area contributed by atoms with Crippen molar-refractivity contribution in [1.29, 1.82) is 0 Å². The van der Waals surface area contributed by atoms with Gasteiger partial charge in [-0.2, -0.15) is 0 Å². The second kappa shape index (κ2) is 7.53. The first kappa shape index (κ1) is 16.0. The van der Waals surface area contributed by atoms with Crippen molar-refractivity contribution >= 4 is 11.9 Å². The number of hydrogen-bond acceptors (Lipinski definition) is 3. The van der Waals surface area contributed by atoms with Crippen LogP contribution in [-0.2, 0) is 9.59 Å². The summed E-state index contributed by atoms with van der Waals surface area (Å²) in [7, 11) is 0. The molecule has 1 aromatic rings. The molecule has 1 aromatic carbocycles. The molecule has 0 aliphatic carbocycles. The highest BCUT2D eigenvalue weighted by Gasteiger charge is 2.21. The number of nitrogens with zero attached hydrogens (tertiary/aromatic N) is 1. The Bertz CT molecular complexity index is 473. The van der Waals surface area contributed by atoms with E-state index in [9.17, 15) is 9.59 Å². The molecule has 1 amide bonds. The van der Waals surface area contributed by atoms with E-state index in [1.54, 1.807) is 13.0 Å². The lowest BCUT2D eigenvalue weighted by Gasteiger charge is -2.27. The van der Waals surface area contributed by atoms with Crippen LogP contribution in [0.15, 0.2) is 24.3 Å². The van der Waals surface area contributed by atoms with E-state index >= 15 is 0 Å². The third-order valence-electron chi connectivity index (χ3n) is 3.11. The average Bonchev–Trinajstić information content (AvgIpc) is 2.37. The Morgan fingerprint density at radius 2 is 2.00 bits per heavy atom. The van der Waals surface area contributed by atoms with Gasteiger partial charge < -0.3 is 14.7 Å². The summed E-state index contributed by atoms with van der Waals surface area (Å²) in [6.07, 6.45) is -0.0655. The molecule has 0 radical (unpaired) electrons. The number of carbonyl (C=O) groups excluding carboxylic acids is 1. The number of para-hydroxylation sites is 1. The monoisotopic (exact) mass is 279 g/mol. The fourth-order valence-electron chi connectivity index (χ4n) is 2.04. The standard InChI is InChI=1S/C15H21NO4/c1-4-16(12(3)9-15(18)19)14(17)10-20-13-8-6-5-7-11(13)2/h5-8,12H,4,9-10H2,1-3H3,(H,18,19). The molecule has 1 unspecified atom stereocenters. The molecule has 0 spiro atoms. The minimum atomic E-state index is -0.913. The molecule has 0 saturated heterocycles. The molecule has 0 aromatic heterocycles. The van der Waals surface area contributed by atoms with Gasteiger partial charge in [-0.1, -0.05) is 18.2 Å². The van der Waals surface area contributed by atoms with Gasteiger partial charge in [-0.05, 0) is 32.4 Å². The van der Waals surface area contributed by atoms with Gasteiger partial charge in [0.05, 0.1) is 6.42 Å². The van der Waals surface area contributed by atoms with Gasteiger partial charge in [0.25, 0.3) is 5.91 Å². The highest BCUT2D eigenvalue weighted by molar-refractivity contribution is 5.79. The third kappa shape index (κ3) is 4.57. The number of aliphatic carboxylic acids is 1. The van der Waals surface area contributed by atoms with Gasteiger partial charge in [-0.3, -0.25) is 9.59 Å². The number of likely N-dealkylation sites (N-methyl/N-ethyl adjacent to an activating group) is 1. The van der Waals surface area contributed by atoms with Crippen molar-refractivity contribution in [2.75, 3.05) is 13.2 Å².